The van der Waals surface area contributed by atoms with Crippen molar-refractivity contribution in [2.24, 2.45) is 5.92 Å². The Balaban J connectivity index is 1.73. The fraction of sp³-hybridized carbons (Fsp3) is 0.812. The zero-order valence-corrected chi connectivity index (χ0v) is 14.0. The molecule has 0 bridgehead atoms. The average molecular weight is 311 g/mol. The Morgan fingerprint density at radius 1 is 1.33 bits per heavy atom. The summed E-state index contributed by atoms with van der Waals surface area (Å²) in [6, 6.07) is 0.676. The molecule has 1 saturated heterocycles. The predicted octanol–water partition coefficient (Wildman–Crippen LogP) is 2.69. The van der Waals surface area contributed by atoms with Crippen LogP contribution in [0, 0.1) is 5.92 Å². The lowest BCUT2D eigenvalue weighted by Crippen LogP contribution is -2.39. The largest absolute Gasteiger partial charge is 0.312 e. The summed E-state index contributed by atoms with van der Waals surface area (Å²) in [5, 5.41) is 9.25. The van der Waals surface area contributed by atoms with Gasteiger partial charge in [0.05, 0.1) is 16.4 Å². The minimum Gasteiger partial charge on any atom is -0.312 e. The van der Waals surface area contributed by atoms with E-state index in [-0.39, 0.29) is 0 Å². The summed E-state index contributed by atoms with van der Waals surface area (Å²) in [4.78, 5) is 2.57. The van der Waals surface area contributed by atoms with E-state index in [2.05, 4.69) is 33.8 Å². The number of aryl methyl sites for hydroxylation is 2. The number of nitrogens with one attached hydrogen (secondary N) is 1. The highest BCUT2D eigenvalue weighted by Crippen LogP contribution is 2.34. The summed E-state index contributed by atoms with van der Waals surface area (Å²) in [5.74, 6) is 0.906. The molecule has 1 unspecified atom stereocenters. The van der Waals surface area contributed by atoms with Gasteiger partial charge in [-0.1, -0.05) is 18.5 Å². The van der Waals surface area contributed by atoms with Crippen LogP contribution >= 0.6 is 11.6 Å². The van der Waals surface area contributed by atoms with Gasteiger partial charge < -0.3 is 5.32 Å². The van der Waals surface area contributed by atoms with Crippen LogP contribution in [0.15, 0.2) is 0 Å². The fourth-order valence-corrected chi connectivity index (χ4v) is 3.69. The number of rotatable bonds is 5. The standard InChI is InChI=1S/C16H27ClN4/c1-3-13-16(17)15(21(4-2)19-13)11-20-9-5-8-18-14(10-20)12-6-7-12/h12,14,18H,3-11H2,1-2H3. The normalized spacial score (nSPS) is 24.2. The molecule has 1 N–H and O–H groups in total. The molecule has 4 nitrogen and oxygen atoms in total. The number of halogens is 1. The van der Waals surface area contributed by atoms with Crippen LogP contribution in [0.4, 0.5) is 0 Å². The number of nitrogens with zero attached hydrogens (tertiary/aromatic N) is 3. The lowest BCUT2D eigenvalue weighted by Gasteiger charge is -2.24. The average Bonchev–Trinajstić information content (AvgIpc) is 3.29. The number of hydrogen-bond acceptors (Lipinski definition) is 3. The first-order chi connectivity index (χ1) is 10.2. The van der Waals surface area contributed by atoms with Crippen molar-refractivity contribution in [2.45, 2.75) is 58.7 Å². The van der Waals surface area contributed by atoms with E-state index in [1.807, 2.05) is 0 Å². The van der Waals surface area contributed by atoms with Crippen LogP contribution < -0.4 is 5.32 Å². The van der Waals surface area contributed by atoms with Gasteiger partial charge in [0.2, 0.25) is 0 Å². The molecule has 2 heterocycles. The summed E-state index contributed by atoms with van der Waals surface area (Å²) in [7, 11) is 0. The second kappa shape index (κ2) is 6.67. The maximum atomic E-state index is 6.55. The first-order valence-electron chi connectivity index (χ1n) is 8.42. The molecule has 1 aliphatic heterocycles. The van der Waals surface area contributed by atoms with Crippen molar-refractivity contribution in [3.63, 3.8) is 0 Å². The lowest BCUT2D eigenvalue weighted by atomic mass is 10.1. The van der Waals surface area contributed by atoms with Gasteiger partial charge >= 0.3 is 0 Å². The second-order valence-corrected chi connectivity index (χ2v) is 6.74. The zero-order valence-electron chi connectivity index (χ0n) is 13.2. The third kappa shape index (κ3) is 3.43. The molecule has 1 saturated carbocycles. The van der Waals surface area contributed by atoms with Gasteiger partial charge in [-0.05, 0) is 51.6 Å². The van der Waals surface area contributed by atoms with Crippen LogP contribution in [-0.2, 0) is 19.5 Å². The molecule has 1 aromatic heterocycles. The SMILES string of the molecule is CCc1nn(CC)c(CN2CCCNC(C3CC3)C2)c1Cl. The van der Waals surface area contributed by atoms with E-state index in [1.165, 1.54) is 25.0 Å². The molecule has 21 heavy (non-hydrogen) atoms. The smallest absolute Gasteiger partial charge is 0.0863 e. The Bertz CT molecular complexity index is 481. The van der Waals surface area contributed by atoms with Crippen LogP contribution in [-0.4, -0.2) is 40.4 Å². The van der Waals surface area contributed by atoms with Gasteiger partial charge in [0, 0.05) is 25.7 Å². The molecule has 0 radical (unpaired) electrons. The van der Waals surface area contributed by atoms with E-state index in [9.17, 15) is 0 Å². The molecule has 0 spiro atoms. The van der Waals surface area contributed by atoms with Crippen molar-refractivity contribution in [3.05, 3.63) is 16.4 Å². The van der Waals surface area contributed by atoms with Crippen LogP contribution in [0.1, 0.15) is 44.5 Å². The van der Waals surface area contributed by atoms with Crippen molar-refractivity contribution in [2.75, 3.05) is 19.6 Å². The molecule has 3 rings (SSSR count). The number of hydrogen-bond donors (Lipinski definition) is 1. The van der Waals surface area contributed by atoms with Gasteiger partial charge in [-0.15, -0.1) is 0 Å². The van der Waals surface area contributed by atoms with E-state index in [1.54, 1.807) is 0 Å². The third-order valence-electron chi connectivity index (χ3n) is 4.77. The monoisotopic (exact) mass is 310 g/mol. The van der Waals surface area contributed by atoms with E-state index >= 15 is 0 Å². The molecule has 1 atom stereocenters. The molecule has 2 aliphatic rings. The van der Waals surface area contributed by atoms with Crippen LogP contribution in [0.2, 0.25) is 5.02 Å². The molecule has 1 aliphatic carbocycles. The highest BCUT2D eigenvalue weighted by atomic mass is 35.5. The topological polar surface area (TPSA) is 33.1 Å². The zero-order chi connectivity index (χ0) is 14.8. The molecular formula is C16H27ClN4. The first kappa shape index (κ1) is 15.3. The molecule has 0 amide bonds. The van der Waals surface area contributed by atoms with E-state index in [0.29, 0.717) is 6.04 Å². The van der Waals surface area contributed by atoms with Crippen molar-refractivity contribution < 1.29 is 0 Å². The highest BCUT2D eigenvalue weighted by molar-refractivity contribution is 6.31. The van der Waals surface area contributed by atoms with Gasteiger partial charge in [-0.2, -0.15) is 5.10 Å². The molecule has 2 fully saturated rings. The van der Waals surface area contributed by atoms with Crippen molar-refractivity contribution in [3.8, 4) is 0 Å². The van der Waals surface area contributed by atoms with Crippen molar-refractivity contribution in [1.29, 1.82) is 0 Å². The Morgan fingerprint density at radius 2 is 2.14 bits per heavy atom. The second-order valence-electron chi connectivity index (χ2n) is 6.36. The molecule has 0 aromatic carbocycles. The highest BCUT2D eigenvalue weighted by Gasteiger charge is 2.33. The van der Waals surface area contributed by atoms with Crippen LogP contribution in [0.25, 0.3) is 0 Å². The van der Waals surface area contributed by atoms with Crippen molar-refractivity contribution in [1.82, 2.24) is 20.0 Å². The van der Waals surface area contributed by atoms with Crippen molar-refractivity contribution >= 4 is 11.6 Å². The maximum Gasteiger partial charge on any atom is 0.0863 e. The van der Waals surface area contributed by atoms with E-state index in [0.717, 1.165) is 55.8 Å². The number of aromatic nitrogens is 2. The van der Waals surface area contributed by atoms with Crippen LogP contribution in [0.3, 0.4) is 0 Å². The van der Waals surface area contributed by atoms with Gasteiger partial charge in [-0.25, -0.2) is 0 Å². The molecule has 1 aromatic rings. The summed E-state index contributed by atoms with van der Waals surface area (Å²) in [6.45, 7) is 9.55. The minimum atomic E-state index is 0.676. The molecule has 118 valence electrons. The maximum absolute atomic E-state index is 6.55. The molecule has 5 heteroatoms. The van der Waals surface area contributed by atoms with Gasteiger partial charge in [0.25, 0.3) is 0 Å². The summed E-state index contributed by atoms with van der Waals surface area (Å²) < 4.78 is 2.09. The fourth-order valence-electron chi connectivity index (χ4n) is 3.36. The first-order valence-corrected chi connectivity index (χ1v) is 8.80. The summed E-state index contributed by atoms with van der Waals surface area (Å²) in [6.07, 6.45) is 4.94. The summed E-state index contributed by atoms with van der Waals surface area (Å²) >= 11 is 6.55. The van der Waals surface area contributed by atoms with E-state index in [4.69, 9.17) is 11.6 Å². The Labute approximate surface area is 132 Å². The Hall–Kier alpha value is -0.580. The predicted molar refractivity (Wildman–Crippen MR) is 86.7 cm³/mol. The van der Waals surface area contributed by atoms with Gasteiger partial charge in [-0.3, -0.25) is 9.58 Å². The summed E-state index contributed by atoms with van der Waals surface area (Å²) in [5.41, 5.74) is 2.24. The quantitative estimate of drug-likeness (QED) is 0.908. The van der Waals surface area contributed by atoms with Crippen LogP contribution in [0.5, 0.6) is 0 Å². The Morgan fingerprint density at radius 3 is 2.81 bits per heavy atom. The minimum absolute atomic E-state index is 0.676. The van der Waals surface area contributed by atoms with Gasteiger partial charge in [0.15, 0.2) is 0 Å². The molecular weight excluding hydrogens is 284 g/mol. The Kier molecular flexibility index (Phi) is 4.87. The third-order valence-corrected chi connectivity index (χ3v) is 5.21. The lowest BCUT2D eigenvalue weighted by molar-refractivity contribution is 0.244. The van der Waals surface area contributed by atoms with Gasteiger partial charge in [0.1, 0.15) is 0 Å². The van der Waals surface area contributed by atoms with E-state index < -0.39 is 0 Å².